The fourth-order valence-corrected chi connectivity index (χ4v) is 1.96. The number of aldehydes is 1. The molecule has 0 aliphatic rings. The monoisotopic (exact) mass is 281 g/mol. The lowest BCUT2D eigenvalue weighted by atomic mass is 9.89. The summed E-state index contributed by atoms with van der Waals surface area (Å²) in [5, 5.41) is 2.43. The van der Waals surface area contributed by atoms with Gasteiger partial charge < -0.3 is 14.8 Å². The lowest BCUT2D eigenvalue weighted by molar-refractivity contribution is -0.113. The van der Waals surface area contributed by atoms with E-state index in [1.807, 2.05) is 0 Å². The molecule has 0 saturated heterocycles. The van der Waals surface area contributed by atoms with Crippen LogP contribution < -0.4 is 5.32 Å². The highest BCUT2D eigenvalue weighted by molar-refractivity contribution is 5.78. The van der Waals surface area contributed by atoms with Gasteiger partial charge in [0.2, 0.25) is 0 Å². The molecule has 0 bridgehead atoms. The van der Waals surface area contributed by atoms with Crippen LogP contribution in [-0.4, -0.2) is 18.0 Å². The summed E-state index contributed by atoms with van der Waals surface area (Å²) in [4.78, 5) is 23.2. The maximum atomic E-state index is 14.0. The number of carbonyl (C=O) groups is 2. The lowest BCUT2D eigenvalue weighted by Crippen LogP contribution is -2.47. The van der Waals surface area contributed by atoms with Gasteiger partial charge >= 0.3 is 6.09 Å². The van der Waals surface area contributed by atoms with Crippen LogP contribution in [0.15, 0.2) is 18.2 Å². The van der Waals surface area contributed by atoms with Gasteiger partial charge in [0.25, 0.3) is 0 Å². The van der Waals surface area contributed by atoms with Gasteiger partial charge in [-0.3, -0.25) is 0 Å². The summed E-state index contributed by atoms with van der Waals surface area (Å²) in [7, 11) is 0. The number of rotatable bonds is 3. The minimum Gasteiger partial charge on any atom is -0.444 e. The highest BCUT2D eigenvalue weighted by Gasteiger charge is 2.34. The van der Waals surface area contributed by atoms with Gasteiger partial charge in [-0.25, -0.2) is 9.18 Å². The standard InChI is InChI=1S/C15H20FNO3/c1-10-7-6-8-11(16)12(10)15(5,9-18)17-13(19)20-14(2,3)4/h6-9H,1-5H3,(H,17,19). The van der Waals surface area contributed by atoms with E-state index in [0.717, 1.165) is 0 Å². The summed E-state index contributed by atoms with van der Waals surface area (Å²) in [5.41, 5.74) is -1.45. The van der Waals surface area contributed by atoms with Crippen LogP contribution in [0.4, 0.5) is 9.18 Å². The maximum absolute atomic E-state index is 14.0. The number of hydrogen-bond donors (Lipinski definition) is 1. The number of aryl methyl sites for hydroxylation is 1. The van der Waals surface area contributed by atoms with E-state index in [9.17, 15) is 14.0 Å². The van der Waals surface area contributed by atoms with E-state index in [0.29, 0.717) is 11.8 Å². The zero-order valence-corrected chi connectivity index (χ0v) is 12.4. The highest BCUT2D eigenvalue weighted by Crippen LogP contribution is 2.25. The number of nitrogens with one attached hydrogen (secondary N) is 1. The van der Waals surface area contributed by atoms with E-state index >= 15 is 0 Å². The van der Waals surface area contributed by atoms with Crippen LogP contribution in [0.3, 0.4) is 0 Å². The Morgan fingerprint density at radius 2 is 1.90 bits per heavy atom. The predicted octanol–water partition coefficient (Wildman–Crippen LogP) is 3.07. The minimum absolute atomic E-state index is 0.140. The molecule has 1 unspecified atom stereocenters. The Labute approximate surface area is 118 Å². The number of amides is 1. The van der Waals surface area contributed by atoms with Gasteiger partial charge in [-0.15, -0.1) is 0 Å². The molecule has 110 valence electrons. The zero-order valence-electron chi connectivity index (χ0n) is 12.4. The van der Waals surface area contributed by atoms with Crippen molar-refractivity contribution >= 4 is 12.4 Å². The van der Waals surface area contributed by atoms with Gasteiger partial charge in [0.15, 0.2) is 0 Å². The zero-order chi connectivity index (χ0) is 15.6. The summed E-state index contributed by atoms with van der Waals surface area (Å²) in [5.74, 6) is -0.546. The van der Waals surface area contributed by atoms with E-state index in [4.69, 9.17) is 4.74 Å². The Hall–Kier alpha value is -1.91. The molecule has 4 nitrogen and oxygen atoms in total. The number of alkyl carbamates (subject to hydrolysis) is 1. The topological polar surface area (TPSA) is 55.4 Å². The fourth-order valence-electron chi connectivity index (χ4n) is 1.96. The molecule has 0 aromatic heterocycles. The van der Waals surface area contributed by atoms with Crippen molar-refractivity contribution in [2.45, 2.75) is 45.8 Å². The summed E-state index contributed by atoms with van der Waals surface area (Å²) in [6.07, 6.45) is -0.266. The molecule has 0 aliphatic carbocycles. The molecule has 1 atom stereocenters. The van der Waals surface area contributed by atoms with Crippen molar-refractivity contribution in [2.24, 2.45) is 0 Å². The number of hydrogen-bond acceptors (Lipinski definition) is 3. The molecule has 1 aromatic rings. The van der Waals surface area contributed by atoms with Crippen molar-refractivity contribution in [1.29, 1.82) is 0 Å². The molecule has 1 amide bonds. The minimum atomic E-state index is -1.47. The van der Waals surface area contributed by atoms with E-state index in [2.05, 4.69) is 5.32 Å². The molecular formula is C15H20FNO3. The second-order valence-electron chi connectivity index (χ2n) is 5.88. The number of halogens is 1. The Morgan fingerprint density at radius 3 is 2.35 bits per heavy atom. The highest BCUT2D eigenvalue weighted by atomic mass is 19.1. The quantitative estimate of drug-likeness (QED) is 0.866. The lowest BCUT2D eigenvalue weighted by Gasteiger charge is -2.29. The molecule has 20 heavy (non-hydrogen) atoms. The van der Waals surface area contributed by atoms with Gasteiger partial charge in [0, 0.05) is 5.56 Å². The molecule has 0 radical (unpaired) electrons. The van der Waals surface area contributed by atoms with Crippen molar-refractivity contribution in [3.63, 3.8) is 0 Å². The van der Waals surface area contributed by atoms with Crippen LogP contribution in [0.1, 0.15) is 38.8 Å². The molecule has 0 aliphatic heterocycles. The van der Waals surface area contributed by atoms with Crippen molar-refractivity contribution < 1.29 is 18.7 Å². The van der Waals surface area contributed by atoms with E-state index in [-0.39, 0.29) is 5.56 Å². The molecule has 1 N–H and O–H groups in total. The van der Waals surface area contributed by atoms with E-state index in [1.165, 1.54) is 13.0 Å². The van der Waals surface area contributed by atoms with Crippen molar-refractivity contribution in [1.82, 2.24) is 5.32 Å². The first-order valence-corrected chi connectivity index (χ1v) is 6.32. The van der Waals surface area contributed by atoms with E-state index in [1.54, 1.807) is 39.8 Å². The Morgan fingerprint density at radius 1 is 1.30 bits per heavy atom. The van der Waals surface area contributed by atoms with Crippen molar-refractivity contribution in [3.05, 3.63) is 35.1 Å². The van der Waals surface area contributed by atoms with Crippen molar-refractivity contribution in [2.75, 3.05) is 0 Å². The second kappa shape index (κ2) is 5.61. The average Bonchev–Trinajstić information content (AvgIpc) is 2.25. The third kappa shape index (κ3) is 3.79. The molecule has 5 heteroatoms. The number of benzene rings is 1. The molecular weight excluding hydrogens is 261 g/mol. The summed E-state index contributed by atoms with van der Waals surface area (Å²) >= 11 is 0. The molecule has 0 spiro atoms. The van der Waals surface area contributed by atoms with Crippen LogP contribution in [0.2, 0.25) is 0 Å². The average molecular weight is 281 g/mol. The van der Waals surface area contributed by atoms with Crippen LogP contribution in [0, 0.1) is 12.7 Å². The second-order valence-corrected chi connectivity index (χ2v) is 5.88. The van der Waals surface area contributed by atoms with Gasteiger partial charge in [-0.05, 0) is 46.2 Å². The molecule has 0 saturated carbocycles. The van der Waals surface area contributed by atoms with Crippen LogP contribution in [0.5, 0.6) is 0 Å². The predicted molar refractivity (Wildman–Crippen MR) is 73.9 cm³/mol. The smallest absolute Gasteiger partial charge is 0.408 e. The summed E-state index contributed by atoms with van der Waals surface area (Å²) in [6.45, 7) is 8.24. The van der Waals surface area contributed by atoms with Gasteiger partial charge in [-0.2, -0.15) is 0 Å². The number of ether oxygens (including phenoxy) is 1. The van der Waals surface area contributed by atoms with Gasteiger partial charge in [-0.1, -0.05) is 12.1 Å². The fraction of sp³-hybridized carbons (Fsp3) is 0.467. The van der Waals surface area contributed by atoms with Crippen molar-refractivity contribution in [3.8, 4) is 0 Å². The number of carbonyl (C=O) groups excluding carboxylic acids is 2. The largest absolute Gasteiger partial charge is 0.444 e. The van der Waals surface area contributed by atoms with Gasteiger partial charge in [0.1, 0.15) is 23.2 Å². The SMILES string of the molecule is Cc1cccc(F)c1C(C)(C=O)NC(=O)OC(C)(C)C. The Bertz CT molecular complexity index is 502. The third-order valence-corrected chi connectivity index (χ3v) is 2.74. The normalized spacial score (nSPS) is 14.3. The van der Waals surface area contributed by atoms with Crippen LogP contribution >= 0.6 is 0 Å². The molecule has 1 aromatic carbocycles. The molecule has 0 heterocycles. The van der Waals surface area contributed by atoms with E-state index < -0.39 is 23.1 Å². The Kier molecular flexibility index (Phi) is 4.53. The first kappa shape index (κ1) is 16.1. The maximum Gasteiger partial charge on any atom is 0.408 e. The molecule has 1 rings (SSSR count). The van der Waals surface area contributed by atoms with Crippen LogP contribution in [0.25, 0.3) is 0 Å². The Balaban J connectivity index is 3.10. The first-order chi connectivity index (χ1) is 9.09. The van der Waals surface area contributed by atoms with Gasteiger partial charge in [0.05, 0.1) is 0 Å². The molecule has 0 fully saturated rings. The first-order valence-electron chi connectivity index (χ1n) is 6.32. The summed E-state index contributed by atoms with van der Waals surface area (Å²) < 4.78 is 19.1. The third-order valence-electron chi connectivity index (χ3n) is 2.74. The van der Waals surface area contributed by atoms with Crippen LogP contribution in [-0.2, 0) is 15.1 Å². The summed E-state index contributed by atoms with van der Waals surface area (Å²) in [6, 6.07) is 4.48.